The maximum absolute atomic E-state index is 11.4. The zero-order valence-electron chi connectivity index (χ0n) is 7.92. The molecule has 0 radical (unpaired) electrons. The molecule has 2 heteroatoms. The van der Waals surface area contributed by atoms with Crippen LogP contribution in [-0.2, 0) is 4.79 Å². The molecule has 0 amide bonds. The van der Waals surface area contributed by atoms with Crippen molar-refractivity contribution in [3.05, 3.63) is 0 Å². The third kappa shape index (κ3) is 2.59. The van der Waals surface area contributed by atoms with E-state index in [1.54, 1.807) is 6.92 Å². The zero-order valence-corrected chi connectivity index (χ0v) is 7.92. The Bertz CT molecular complexity index is 161. The van der Waals surface area contributed by atoms with Crippen LogP contribution in [0.4, 0.5) is 0 Å². The van der Waals surface area contributed by atoms with E-state index in [9.17, 15) is 4.79 Å². The van der Waals surface area contributed by atoms with Gasteiger partial charge in [-0.15, -0.1) is 0 Å². The molecule has 1 fully saturated rings. The van der Waals surface area contributed by atoms with Crippen molar-refractivity contribution in [3.8, 4) is 0 Å². The maximum Gasteiger partial charge on any atom is 0.136 e. The van der Waals surface area contributed by atoms with Gasteiger partial charge in [-0.2, -0.15) is 0 Å². The molecule has 0 aromatic rings. The summed E-state index contributed by atoms with van der Waals surface area (Å²) in [6, 6.07) is 0. The molecule has 0 spiro atoms. The summed E-state index contributed by atoms with van der Waals surface area (Å²) in [5, 5.41) is 9.16. The van der Waals surface area contributed by atoms with Crippen molar-refractivity contribution in [3.63, 3.8) is 0 Å². The van der Waals surface area contributed by atoms with Crippen LogP contribution in [0, 0.1) is 11.8 Å². The monoisotopic (exact) mass is 170 g/mol. The minimum absolute atomic E-state index is 0.133. The Morgan fingerprint density at radius 1 is 1.67 bits per heavy atom. The third-order valence-corrected chi connectivity index (χ3v) is 2.65. The highest BCUT2D eigenvalue weighted by molar-refractivity contribution is 5.81. The van der Waals surface area contributed by atoms with Gasteiger partial charge in [0.15, 0.2) is 0 Å². The third-order valence-electron chi connectivity index (χ3n) is 2.65. The van der Waals surface area contributed by atoms with E-state index in [4.69, 9.17) is 5.11 Å². The molecule has 1 rings (SSSR count). The molecule has 0 aromatic heterocycles. The summed E-state index contributed by atoms with van der Waals surface area (Å²) < 4.78 is 0. The smallest absolute Gasteiger partial charge is 0.136 e. The lowest BCUT2D eigenvalue weighted by Gasteiger charge is -2.26. The minimum Gasteiger partial charge on any atom is -0.393 e. The maximum atomic E-state index is 11.4. The molecule has 3 unspecified atom stereocenters. The first kappa shape index (κ1) is 9.72. The molecule has 1 N–H and O–H groups in total. The Labute approximate surface area is 74.0 Å². The Hall–Kier alpha value is -0.370. The molecule has 2 nitrogen and oxygen atoms in total. The van der Waals surface area contributed by atoms with Gasteiger partial charge in [0, 0.05) is 12.3 Å². The minimum atomic E-state index is -0.329. The molecule has 1 saturated carbocycles. The van der Waals surface area contributed by atoms with Crippen LogP contribution in [0.2, 0.25) is 0 Å². The van der Waals surface area contributed by atoms with Crippen molar-refractivity contribution >= 4 is 5.78 Å². The Kier molecular flexibility index (Phi) is 3.27. The van der Waals surface area contributed by atoms with E-state index >= 15 is 0 Å². The summed E-state index contributed by atoms with van der Waals surface area (Å²) in [6.07, 6.45) is 3.06. The Morgan fingerprint density at radius 3 is 2.92 bits per heavy atom. The van der Waals surface area contributed by atoms with Crippen LogP contribution in [0.15, 0.2) is 0 Å². The van der Waals surface area contributed by atoms with Crippen LogP contribution in [0.1, 0.15) is 39.5 Å². The van der Waals surface area contributed by atoms with Crippen molar-refractivity contribution in [1.29, 1.82) is 0 Å². The van der Waals surface area contributed by atoms with Crippen molar-refractivity contribution < 1.29 is 9.90 Å². The van der Waals surface area contributed by atoms with Gasteiger partial charge >= 0.3 is 0 Å². The molecule has 0 saturated heterocycles. The van der Waals surface area contributed by atoms with Crippen molar-refractivity contribution in [1.82, 2.24) is 0 Å². The number of carbonyl (C=O) groups excluding carboxylic acids is 1. The summed E-state index contributed by atoms with van der Waals surface area (Å²) >= 11 is 0. The fraction of sp³-hybridized carbons (Fsp3) is 0.900. The average molecular weight is 170 g/mol. The van der Waals surface area contributed by atoms with Crippen LogP contribution in [-0.4, -0.2) is 17.0 Å². The molecule has 0 aromatic carbocycles. The van der Waals surface area contributed by atoms with Gasteiger partial charge < -0.3 is 5.11 Å². The number of hydrogen-bond donors (Lipinski definition) is 1. The summed E-state index contributed by atoms with van der Waals surface area (Å²) in [5.41, 5.74) is 0. The molecule has 3 atom stereocenters. The van der Waals surface area contributed by atoms with Gasteiger partial charge in [0.05, 0.1) is 6.10 Å². The van der Waals surface area contributed by atoms with E-state index in [1.165, 1.54) is 0 Å². The number of aliphatic hydroxyl groups excluding tert-OH is 1. The molecular formula is C10H18O2. The average Bonchev–Trinajstić information content (AvgIpc) is 1.96. The van der Waals surface area contributed by atoms with Gasteiger partial charge in [0.25, 0.3) is 0 Å². The van der Waals surface area contributed by atoms with Crippen molar-refractivity contribution in [2.24, 2.45) is 11.8 Å². The fourth-order valence-electron chi connectivity index (χ4n) is 1.97. The van der Waals surface area contributed by atoms with Gasteiger partial charge in [-0.3, -0.25) is 4.79 Å². The van der Waals surface area contributed by atoms with Crippen LogP contribution in [0.5, 0.6) is 0 Å². The first-order chi connectivity index (χ1) is 5.59. The lowest BCUT2D eigenvalue weighted by atomic mass is 9.79. The Morgan fingerprint density at radius 2 is 2.33 bits per heavy atom. The normalized spacial score (nSPS) is 33.4. The van der Waals surface area contributed by atoms with Gasteiger partial charge in [-0.1, -0.05) is 6.92 Å². The number of carbonyl (C=O) groups is 1. The molecule has 0 bridgehead atoms. The second kappa shape index (κ2) is 4.04. The highest BCUT2D eigenvalue weighted by Crippen LogP contribution is 2.28. The topological polar surface area (TPSA) is 37.3 Å². The fourth-order valence-corrected chi connectivity index (χ4v) is 1.97. The summed E-state index contributed by atoms with van der Waals surface area (Å²) in [7, 11) is 0. The number of Topliss-reactive ketones (excluding diaryl/α,β-unsaturated/α-hetero) is 1. The summed E-state index contributed by atoms with van der Waals surface area (Å²) in [4.78, 5) is 11.4. The first-order valence-corrected chi connectivity index (χ1v) is 4.80. The summed E-state index contributed by atoms with van der Waals surface area (Å²) in [6.45, 7) is 3.94. The quantitative estimate of drug-likeness (QED) is 0.685. The van der Waals surface area contributed by atoms with E-state index in [0.29, 0.717) is 18.1 Å². The van der Waals surface area contributed by atoms with E-state index in [2.05, 4.69) is 6.92 Å². The van der Waals surface area contributed by atoms with Crippen LogP contribution < -0.4 is 0 Å². The van der Waals surface area contributed by atoms with E-state index < -0.39 is 0 Å². The lowest BCUT2D eigenvalue weighted by Crippen LogP contribution is -2.26. The van der Waals surface area contributed by atoms with Gasteiger partial charge in [-0.25, -0.2) is 0 Å². The molecule has 1 aliphatic carbocycles. The van der Waals surface area contributed by atoms with E-state index in [0.717, 1.165) is 19.3 Å². The van der Waals surface area contributed by atoms with Crippen LogP contribution in [0.3, 0.4) is 0 Å². The number of hydrogen-bond acceptors (Lipinski definition) is 2. The standard InChI is InChI=1S/C10H18O2/c1-7-3-4-10(12)9(5-7)6-8(2)11/h7-9,11H,3-6H2,1-2H3. The van der Waals surface area contributed by atoms with Crippen LogP contribution >= 0.6 is 0 Å². The van der Waals surface area contributed by atoms with Crippen molar-refractivity contribution in [2.45, 2.75) is 45.6 Å². The van der Waals surface area contributed by atoms with Crippen molar-refractivity contribution in [2.75, 3.05) is 0 Å². The molecule has 70 valence electrons. The predicted molar refractivity (Wildman–Crippen MR) is 47.8 cm³/mol. The predicted octanol–water partition coefficient (Wildman–Crippen LogP) is 1.76. The summed E-state index contributed by atoms with van der Waals surface area (Å²) in [5.74, 6) is 1.15. The second-order valence-corrected chi connectivity index (χ2v) is 4.13. The molecule has 1 aliphatic rings. The first-order valence-electron chi connectivity index (χ1n) is 4.80. The second-order valence-electron chi connectivity index (χ2n) is 4.13. The largest absolute Gasteiger partial charge is 0.393 e. The highest BCUT2D eigenvalue weighted by Gasteiger charge is 2.26. The van der Waals surface area contributed by atoms with Crippen LogP contribution in [0.25, 0.3) is 0 Å². The zero-order chi connectivity index (χ0) is 9.14. The SMILES string of the molecule is CC(O)CC1CC(C)CCC1=O. The Balaban J connectivity index is 2.43. The van der Waals surface area contributed by atoms with Gasteiger partial charge in [0.1, 0.15) is 5.78 Å². The van der Waals surface area contributed by atoms with E-state index in [1.807, 2.05) is 0 Å². The van der Waals surface area contributed by atoms with E-state index in [-0.39, 0.29) is 12.0 Å². The molecular weight excluding hydrogens is 152 g/mol. The van der Waals surface area contributed by atoms with Gasteiger partial charge in [-0.05, 0) is 32.1 Å². The number of aliphatic hydroxyl groups is 1. The molecule has 0 heterocycles. The molecule has 0 aliphatic heterocycles. The van der Waals surface area contributed by atoms with Gasteiger partial charge in [0.2, 0.25) is 0 Å². The highest BCUT2D eigenvalue weighted by atomic mass is 16.3. The molecule has 12 heavy (non-hydrogen) atoms. The number of ketones is 1. The lowest BCUT2D eigenvalue weighted by molar-refractivity contribution is -0.126. The number of rotatable bonds is 2.